The van der Waals surface area contributed by atoms with Crippen LogP contribution in [0.5, 0.6) is 0 Å². The smallest absolute Gasteiger partial charge is 0.353 e. The molecule has 3 atom stereocenters. The van der Waals surface area contributed by atoms with E-state index in [1.54, 1.807) is 0 Å². The molecule has 2 aliphatic heterocycles. The minimum atomic E-state index is -0.528. The molecule has 0 spiro atoms. The normalized spacial score (nSPS) is 26.6. The molecule has 3 rings (SSSR count). The van der Waals surface area contributed by atoms with E-state index in [-0.39, 0.29) is 41.6 Å². The fourth-order valence-electron chi connectivity index (χ4n) is 3.30. The average molecular weight is 352 g/mol. The van der Waals surface area contributed by atoms with Crippen LogP contribution in [0.1, 0.15) is 26.7 Å². The number of aromatic nitrogens is 2. The highest BCUT2D eigenvalue weighted by atomic mass is 16.6. The minimum Gasteiger partial charge on any atom is -0.378 e. The molecule has 2 fully saturated rings. The van der Waals surface area contributed by atoms with Crippen LogP contribution in [-0.2, 0) is 9.47 Å². The molecule has 1 aromatic rings. The number of nitrogens with one attached hydrogen (secondary N) is 1. The summed E-state index contributed by atoms with van der Waals surface area (Å²) in [5.74, 6) is 0.367. The van der Waals surface area contributed by atoms with E-state index in [0.717, 1.165) is 19.4 Å². The summed E-state index contributed by atoms with van der Waals surface area (Å²) in [5.41, 5.74) is 5.60. The number of rotatable bonds is 5. The number of hydrogen-bond acceptors (Lipinski definition) is 9. The minimum absolute atomic E-state index is 0.0529. The van der Waals surface area contributed by atoms with Crippen LogP contribution in [0.2, 0.25) is 0 Å². The van der Waals surface area contributed by atoms with Crippen molar-refractivity contribution in [3.8, 4) is 0 Å². The maximum absolute atomic E-state index is 11.5. The number of nitrogens with zero attached hydrogens (tertiary/aromatic N) is 4. The van der Waals surface area contributed by atoms with Gasteiger partial charge < -0.3 is 25.4 Å². The maximum atomic E-state index is 11.5. The van der Waals surface area contributed by atoms with E-state index in [9.17, 15) is 10.1 Å². The molecule has 0 radical (unpaired) electrons. The first-order valence-electron chi connectivity index (χ1n) is 8.51. The van der Waals surface area contributed by atoms with Crippen molar-refractivity contribution in [2.45, 2.75) is 45.0 Å². The van der Waals surface area contributed by atoms with Gasteiger partial charge in [-0.25, -0.2) is 0 Å². The van der Waals surface area contributed by atoms with Crippen molar-refractivity contribution >= 4 is 23.3 Å². The van der Waals surface area contributed by atoms with Gasteiger partial charge in [0.2, 0.25) is 17.6 Å². The summed E-state index contributed by atoms with van der Waals surface area (Å²) in [5, 5.41) is 14.6. The van der Waals surface area contributed by atoms with Crippen LogP contribution in [0, 0.1) is 10.1 Å². The first kappa shape index (κ1) is 17.6. The highest BCUT2D eigenvalue weighted by molar-refractivity contribution is 5.71. The number of hydrogen-bond donors (Lipinski definition) is 2. The molecule has 10 heteroatoms. The lowest BCUT2D eigenvalue weighted by Gasteiger charge is -2.35. The summed E-state index contributed by atoms with van der Waals surface area (Å²) in [4.78, 5) is 21.2. The van der Waals surface area contributed by atoms with Crippen LogP contribution < -0.4 is 16.0 Å². The molecule has 0 bridgehead atoms. The van der Waals surface area contributed by atoms with Gasteiger partial charge in [0.1, 0.15) is 0 Å². The summed E-state index contributed by atoms with van der Waals surface area (Å²) in [6.45, 7) is 6.17. The number of anilines is 3. The third-order valence-electron chi connectivity index (χ3n) is 4.31. The number of ether oxygens (including phenoxy) is 2. The quantitative estimate of drug-likeness (QED) is 0.592. The fraction of sp³-hybridized carbons (Fsp3) is 0.733. The molecule has 0 amide bonds. The molecule has 3 heterocycles. The monoisotopic (exact) mass is 352 g/mol. The van der Waals surface area contributed by atoms with Crippen molar-refractivity contribution in [3.05, 3.63) is 10.1 Å². The Morgan fingerprint density at radius 2 is 2.08 bits per heavy atom. The lowest BCUT2D eigenvalue weighted by atomic mass is 10.2. The zero-order valence-corrected chi connectivity index (χ0v) is 14.5. The Kier molecular flexibility index (Phi) is 5.19. The van der Waals surface area contributed by atoms with Crippen molar-refractivity contribution in [1.29, 1.82) is 0 Å². The van der Waals surface area contributed by atoms with Crippen LogP contribution in [-0.4, -0.2) is 59.4 Å². The second kappa shape index (κ2) is 7.36. The van der Waals surface area contributed by atoms with E-state index in [0.29, 0.717) is 19.6 Å². The highest BCUT2D eigenvalue weighted by Gasteiger charge is 2.32. The molecule has 0 aromatic carbocycles. The molecule has 0 unspecified atom stereocenters. The van der Waals surface area contributed by atoms with Crippen LogP contribution in [0.3, 0.4) is 0 Å². The lowest BCUT2D eigenvalue weighted by molar-refractivity contribution is -0.383. The Bertz CT molecular complexity index is 627. The Balaban J connectivity index is 1.86. The topological polar surface area (TPSA) is 129 Å². The summed E-state index contributed by atoms with van der Waals surface area (Å²) >= 11 is 0. The summed E-state index contributed by atoms with van der Waals surface area (Å²) in [6, 6.07) is 0. The van der Waals surface area contributed by atoms with Crippen molar-refractivity contribution < 1.29 is 14.4 Å². The van der Waals surface area contributed by atoms with E-state index in [2.05, 4.69) is 15.3 Å². The fourth-order valence-corrected chi connectivity index (χ4v) is 3.30. The molecule has 2 saturated heterocycles. The molecule has 138 valence electrons. The first-order chi connectivity index (χ1) is 11.9. The van der Waals surface area contributed by atoms with Gasteiger partial charge >= 0.3 is 5.69 Å². The third kappa shape index (κ3) is 4.07. The predicted molar refractivity (Wildman–Crippen MR) is 92.8 cm³/mol. The van der Waals surface area contributed by atoms with Gasteiger partial charge in [0, 0.05) is 26.2 Å². The van der Waals surface area contributed by atoms with Crippen LogP contribution in [0.15, 0.2) is 0 Å². The summed E-state index contributed by atoms with van der Waals surface area (Å²) in [7, 11) is 0. The molecule has 10 nitrogen and oxygen atoms in total. The number of nitro groups is 1. The molecular formula is C15H24N6O4. The molecule has 2 aliphatic rings. The van der Waals surface area contributed by atoms with Gasteiger partial charge in [0.05, 0.1) is 23.2 Å². The van der Waals surface area contributed by atoms with E-state index >= 15 is 0 Å². The van der Waals surface area contributed by atoms with Crippen LogP contribution >= 0.6 is 0 Å². The summed E-state index contributed by atoms with van der Waals surface area (Å²) in [6.07, 6.45) is 2.00. The Labute approximate surface area is 145 Å². The maximum Gasteiger partial charge on any atom is 0.353 e. The Morgan fingerprint density at radius 3 is 2.68 bits per heavy atom. The van der Waals surface area contributed by atoms with Gasteiger partial charge in [0.15, 0.2) is 0 Å². The van der Waals surface area contributed by atoms with Crippen molar-refractivity contribution in [3.63, 3.8) is 0 Å². The van der Waals surface area contributed by atoms with Crippen molar-refractivity contribution in [1.82, 2.24) is 9.97 Å². The van der Waals surface area contributed by atoms with Gasteiger partial charge in [-0.05, 0) is 26.7 Å². The number of morpholine rings is 1. The van der Waals surface area contributed by atoms with Gasteiger partial charge in [0.25, 0.3) is 0 Å². The standard InChI is InChI=1S/C15H24N6O4/c1-9-7-20(8-10(2)25-9)14-12(21(22)23)13(16)18-15(19-14)17-6-11-4-3-5-24-11/h9-11H,3-8H2,1-2H3,(H3,16,17,18,19)/t9-,10-,11-/m1/s1. The van der Waals surface area contributed by atoms with Crippen molar-refractivity contribution in [2.24, 2.45) is 0 Å². The van der Waals surface area contributed by atoms with Gasteiger partial charge in [-0.3, -0.25) is 10.1 Å². The predicted octanol–water partition coefficient (Wildman–Crippen LogP) is 1.17. The average Bonchev–Trinajstić information content (AvgIpc) is 3.04. The van der Waals surface area contributed by atoms with E-state index in [1.807, 2.05) is 18.7 Å². The molecule has 1 aromatic heterocycles. The Morgan fingerprint density at radius 1 is 1.36 bits per heavy atom. The first-order valence-corrected chi connectivity index (χ1v) is 8.51. The summed E-state index contributed by atoms with van der Waals surface area (Å²) < 4.78 is 11.3. The van der Waals surface area contributed by atoms with Gasteiger partial charge in [-0.1, -0.05) is 0 Å². The number of nitrogens with two attached hydrogens (primary N) is 1. The zero-order chi connectivity index (χ0) is 18.0. The van der Waals surface area contributed by atoms with Crippen molar-refractivity contribution in [2.75, 3.05) is 42.2 Å². The van der Waals surface area contributed by atoms with E-state index in [1.165, 1.54) is 0 Å². The van der Waals surface area contributed by atoms with Crippen LogP contribution in [0.4, 0.5) is 23.3 Å². The van der Waals surface area contributed by atoms with Crippen LogP contribution in [0.25, 0.3) is 0 Å². The van der Waals surface area contributed by atoms with Gasteiger partial charge in [-0.15, -0.1) is 0 Å². The molecular weight excluding hydrogens is 328 g/mol. The molecule has 3 N–H and O–H groups in total. The van der Waals surface area contributed by atoms with Gasteiger partial charge in [-0.2, -0.15) is 9.97 Å². The second-order valence-electron chi connectivity index (χ2n) is 6.54. The largest absolute Gasteiger partial charge is 0.378 e. The van der Waals surface area contributed by atoms with E-state index < -0.39 is 4.92 Å². The zero-order valence-electron chi connectivity index (χ0n) is 14.5. The SMILES string of the molecule is C[C@@H]1CN(c2nc(NC[C@H]3CCCO3)nc(N)c2[N+](=O)[O-])C[C@@H](C)O1. The second-order valence-corrected chi connectivity index (χ2v) is 6.54. The highest BCUT2D eigenvalue weighted by Crippen LogP contribution is 2.33. The molecule has 0 saturated carbocycles. The molecule has 0 aliphatic carbocycles. The Hall–Kier alpha value is -2.20. The van der Waals surface area contributed by atoms with E-state index in [4.69, 9.17) is 15.2 Å². The molecule has 25 heavy (non-hydrogen) atoms. The lowest BCUT2D eigenvalue weighted by Crippen LogP contribution is -2.46. The third-order valence-corrected chi connectivity index (χ3v) is 4.31. The number of nitrogen functional groups attached to an aromatic ring is 1.